The van der Waals surface area contributed by atoms with E-state index in [1.165, 1.54) is 16.7 Å². The molecule has 4 heteroatoms. The van der Waals surface area contributed by atoms with Gasteiger partial charge in [0, 0.05) is 25.6 Å². The number of allylic oxidation sites excluding steroid dienone is 6. The van der Waals surface area contributed by atoms with Crippen LogP contribution in [0, 0.1) is 5.92 Å². The standard InChI is InChI=1S/C25H42N2O2/c1-21(2)8-4-9-22(3)10-5-11-23-12-6-13-24(20-23)25(28)26-14-7-15-27-16-18-29-19-17-27/h8,10,12,24H,4-7,9,11,13-20H2,1-3H3,(H,26,28)/b22-10+/t24-/m0/s1. The first-order chi connectivity index (χ1) is 14.0. The van der Waals surface area contributed by atoms with Crippen LogP contribution in [-0.2, 0) is 9.53 Å². The molecule has 0 aromatic rings. The van der Waals surface area contributed by atoms with Crippen LogP contribution in [0.3, 0.4) is 0 Å². The van der Waals surface area contributed by atoms with E-state index in [0.717, 1.165) is 90.8 Å². The summed E-state index contributed by atoms with van der Waals surface area (Å²) in [5.74, 6) is 0.423. The van der Waals surface area contributed by atoms with Gasteiger partial charge >= 0.3 is 0 Å². The van der Waals surface area contributed by atoms with Gasteiger partial charge in [-0.3, -0.25) is 9.69 Å². The Morgan fingerprint density at radius 3 is 2.76 bits per heavy atom. The molecule has 0 aromatic carbocycles. The fraction of sp³-hybridized carbons (Fsp3) is 0.720. The quantitative estimate of drug-likeness (QED) is 0.389. The number of rotatable bonds is 11. The number of carbonyl (C=O) groups is 1. The second-order valence-electron chi connectivity index (χ2n) is 8.85. The molecule has 0 bridgehead atoms. The number of nitrogens with zero attached hydrogens (tertiary/aromatic N) is 1. The van der Waals surface area contributed by atoms with Crippen molar-refractivity contribution in [1.29, 1.82) is 0 Å². The maximum atomic E-state index is 12.6. The van der Waals surface area contributed by atoms with Crippen molar-refractivity contribution in [3.63, 3.8) is 0 Å². The third-order valence-electron chi connectivity index (χ3n) is 5.93. The zero-order valence-electron chi connectivity index (χ0n) is 19.0. The van der Waals surface area contributed by atoms with E-state index in [4.69, 9.17) is 4.74 Å². The fourth-order valence-corrected chi connectivity index (χ4v) is 4.10. The van der Waals surface area contributed by atoms with Crippen molar-refractivity contribution in [2.45, 2.75) is 72.1 Å². The first-order valence-electron chi connectivity index (χ1n) is 11.6. The van der Waals surface area contributed by atoms with Gasteiger partial charge in [0.15, 0.2) is 0 Å². The lowest BCUT2D eigenvalue weighted by atomic mass is 9.86. The zero-order chi connectivity index (χ0) is 20.9. The highest BCUT2D eigenvalue weighted by Gasteiger charge is 2.22. The number of amides is 1. The van der Waals surface area contributed by atoms with E-state index < -0.39 is 0 Å². The van der Waals surface area contributed by atoms with Crippen LogP contribution in [0.15, 0.2) is 34.9 Å². The molecule has 1 heterocycles. The molecule has 4 nitrogen and oxygen atoms in total. The average molecular weight is 403 g/mol. The first kappa shape index (κ1) is 23.9. The summed E-state index contributed by atoms with van der Waals surface area (Å²) in [6.07, 6.45) is 15.6. The predicted octanol–water partition coefficient (Wildman–Crippen LogP) is 5.02. The third kappa shape index (κ3) is 10.3. The van der Waals surface area contributed by atoms with E-state index >= 15 is 0 Å². The molecule has 0 aromatic heterocycles. The van der Waals surface area contributed by atoms with Crippen molar-refractivity contribution in [3.05, 3.63) is 34.9 Å². The molecule has 1 amide bonds. The number of hydrogen-bond acceptors (Lipinski definition) is 3. The van der Waals surface area contributed by atoms with Crippen molar-refractivity contribution in [1.82, 2.24) is 10.2 Å². The average Bonchev–Trinajstić information content (AvgIpc) is 2.72. The molecule has 164 valence electrons. The van der Waals surface area contributed by atoms with E-state index in [0.29, 0.717) is 0 Å². The minimum absolute atomic E-state index is 0.168. The van der Waals surface area contributed by atoms with Gasteiger partial charge in [0.25, 0.3) is 0 Å². The summed E-state index contributed by atoms with van der Waals surface area (Å²) >= 11 is 0. The maximum Gasteiger partial charge on any atom is 0.223 e. The Balaban J connectivity index is 1.61. The van der Waals surface area contributed by atoms with Gasteiger partial charge < -0.3 is 10.1 Å². The Bertz CT molecular complexity index is 582. The highest BCUT2D eigenvalue weighted by molar-refractivity contribution is 5.79. The van der Waals surface area contributed by atoms with Crippen LogP contribution < -0.4 is 5.32 Å². The van der Waals surface area contributed by atoms with Gasteiger partial charge in [-0.25, -0.2) is 0 Å². The van der Waals surface area contributed by atoms with Gasteiger partial charge in [0.05, 0.1) is 13.2 Å². The second-order valence-corrected chi connectivity index (χ2v) is 8.85. The van der Waals surface area contributed by atoms with E-state index in [1.54, 1.807) is 0 Å². The molecule has 2 rings (SSSR count). The molecular weight excluding hydrogens is 360 g/mol. The highest BCUT2D eigenvalue weighted by Crippen LogP contribution is 2.27. The summed E-state index contributed by atoms with van der Waals surface area (Å²) < 4.78 is 5.38. The minimum atomic E-state index is 0.168. The zero-order valence-corrected chi connectivity index (χ0v) is 19.0. The minimum Gasteiger partial charge on any atom is -0.379 e. The smallest absolute Gasteiger partial charge is 0.223 e. The van der Waals surface area contributed by atoms with Crippen LogP contribution >= 0.6 is 0 Å². The van der Waals surface area contributed by atoms with E-state index in [1.807, 2.05) is 0 Å². The summed E-state index contributed by atoms with van der Waals surface area (Å²) in [7, 11) is 0. The Hall–Kier alpha value is -1.39. The van der Waals surface area contributed by atoms with Crippen LogP contribution in [-0.4, -0.2) is 50.2 Å². The van der Waals surface area contributed by atoms with Crippen molar-refractivity contribution >= 4 is 5.91 Å². The molecule has 1 aliphatic heterocycles. The SMILES string of the molecule is CC(C)=CCC/C(C)=C/CCC1=CCC[C@H](C(=O)NCCCN2CCOCC2)C1. The Kier molecular flexibility index (Phi) is 11.3. The normalized spacial score (nSPS) is 20.9. The molecule has 0 unspecified atom stereocenters. The van der Waals surface area contributed by atoms with Gasteiger partial charge in [-0.1, -0.05) is 34.9 Å². The van der Waals surface area contributed by atoms with Gasteiger partial charge in [-0.15, -0.1) is 0 Å². The summed E-state index contributed by atoms with van der Waals surface area (Å²) in [4.78, 5) is 15.0. The highest BCUT2D eigenvalue weighted by atomic mass is 16.5. The lowest BCUT2D eigenvalue weighted by Crippen LogP contribution is -2.39. The molecule has 1 N–H and O–H groups in total. The number of morpholine rings is 1. The van der Waals surface area contributed by atoms with Crippen molar-refractivity contribution in [2.24, 2.45) is 5.92 Å². The Morgan fingerprint density at radius 1 is 1.21 bits per heavy atom. The summed E-state index contributed by atoms with van der Waals surface area (Å²) in [5.41, 5.74) is 4.35. The molecule has 1 atom stereocenters. The molecule has 1 aliphatic carbocycles. The number of carbonyl (C=O) groups excluding carboxylic acids is 1. The van der Waals surface area contributed by atoms with E-state index in [-0.39, 0.29) is 11.8 Å². The van der Waals surface area contributed by atoms with Gasteiger partial charge in [0.2, 0.25) is 5.91 Å². The van der Waals surface area contributed by atoms with E-state index in [9.17, 15) is 4.79 Å². The van der Waals surface area contributed by atoms with Gasteiger partial charge in [-0.05, 0) is 78.7 Å². The second kappa shape index (κ2) is 13.8. The third-order valence-corrected chi connectivity index (χ3v) is 5.93. The van der Waals surface area contributed by atoms with Crippen LogP contribution in [0.2, 0.25) is 0 Å². The molecular formula is C25H42N2O2. The topological polar surface area (TPSA) is 41.6 Å². The number of nitrogens with one attached hydrogen (secondary N) is 1. The number of hydrogen-bond donors (Lipinski definition) is 1. The molecule has 0 spiro atoms. The largest absolute Gasteiger partial charge is 0.379 e. The van der Waals surface area contributed by atoms with Crippen LogP contribution in [0.5, 0.6) is 0 Å². The molecule has 2 aliphatic rings. The van der Waals surface area contributed by atoms with Crippen molar-refractivity contribution in [2.75, 3.05) is 39.4 Å². The monoisotopic (exact) mass is 402 g/mol. The lowest BCUT2D eigenvalue weighted by Gasteiger charge is -2.26. The molecule has 0 saturated carbocycles. The fourth-order valence-electron chi connectivity index (χ4n) is 4.10. The lowest BCUT2D eigenvalue weighted by molar-refractivity contribution is -0.125. The number of ether oxygens (including phenoxy) is 1. The Labute approximate surface area is 178 Å². The van der Waals surface area contributed by atoms with Gasteiger partial charge in [-0.2, -0.15) is 0 Å². The maximum absolute atomic E-state index is 12.6. The predicted molar refractivity (Wildman–Crippen MR) is 122 cm³/mol. The van der Waals surface area contributed by atoms with Gasteiger partial charge in [0.1, 0.15) is 0 Å². The molecule has 1 fully saturated rings. The summed E-state index contributed by atoms with van der Waals surface area (Å²) in [5, 5.41) is 3.18. The summed E-state index contributed by atoms with van der Waals surface area (Å²) in [6, 6.07) is 0. The van der Waals surface area contributed by atoms with Crippen LogP contribution in [0.1, 0.15) is 72.1 Å². The first-order valence-corrected chi connectivity index (χ1v) is 11.6. The van der Waals surface area contributed by atoms with Crippen LogP contribution in [0.25, 0.3) is 0 Å². The molecule has 29 heavy (non-hydrogen) atoms. The van der Waals surface area contributed by atoms with Crippen molar-refractivity contribution < 1.29 is 9.53 Å². The van der Waals surface area contributed by atoms with Crippen LogP contribution in [0.4, 0.5) is 0 Å². The van der Waals surface area contributed by atoms with E-state index in [2.05, 4.69) is 49.2 Å². The summed E-state index contributed by atoms with van der Waals surface area (Å²) in [6.45, 7) is 12.1. The molecule has 0 radical (unpaired) electrons. The Morgan fingerprint density at radius 2 is 2.00 bits per heavy atom. The molecule has 1 saturated heterocycles. The van der Waals surface area contributed by atoms with Crippen molar-refractivity contribution in [3.8, 4) is 0 Å².